The minimum Gasteiger partial charge on any atom is -0.445 e. The lowest BCUT2D eigenvalue weighted by Crippen LogP contribution is -2.36. The van der Waals surface area contributed by atoms with Gasteiger partial charge < -0.3 is 9.64 Å². The minimum absolute atomic E-state index is 0.238. The number of ether oxygens (including phenoxy) is 1. The van der Waals surface area contributed by atoms with Gasteiger partial charge in [0.25, 0.3) is 0 Å². The largest absolute Gasteiger partial charge is 0.445 e. The Morgan fingerprint density at radius 3 is 2.78 bits per heavy atom. The number of halogens is 1. The lowest BCUT2D eigenvalue weighted by Gasteiger charge is -2.27. The van der Waals surface area contributed by atoms with E-state index in [1.807, 2.05) is 37.3 Å². The molecule has 0 spiro atoms. The number of hydrogen-bond acceptors (Lipinski definition) is 2. The van der Waals surface area contributed by atoms with Gasteiger partial charge in [-0.2, -0.15) is 0 Å². The van der Waals surface area contributed by atoms with E-state index in [1.165, 1.54) is 10.1 Å². The zero-order valence-corrected chi connectivity index (χ0v) is 11.9. The molecule has 0 N–H and O–H groups in total. The van der Waals surface area contributed by atoms with Crippen molar-refractivity contribution >= 4 is 22.0 Å². The molecule has 0 saturated carbocycles. The molecule has 0 aliphatic carbocycles. The van der Waals surface area contributed by atoms with Crippen molar-refractivity contribution in [3.05, 3.63) is 46.0 Å². The van der Waals surface area contributed by atoms with Crippen molar-refractivity contribution in [2.75, 3.05) is 13.1 Å². The summed E-state index contributed by atoms with van der Waals surface area (Å²) in [5, 5.41) is 0. The third kappa shape index (κ3) is 3.35. The first-order valence-corrected chi connectivity index (χ1v) is 6.76. The van der Waals surface area contributed by atoms with Crippen molar-refractivity contribution < 1.29 is 9.53 Å². The number of carbonyl (C=O) groups is 1. The predicted molar refractivity (Wildman–Crippen MR) is 74.4 cm³/mol. The van der Waals surface area contributed by atoms with Crippen LogP contribution in [-0.2, 0) is 11.3 Å². The van der Waals surface area contributed by atoms with Gasteiger partial charge in [-0.1, -0.05) is 46.3 Å². The van der Waals surface area contributed by atoms with E-state index in [2.05, 4.69) is 15.9 Å². The maximum Gasteiger partial charge on any atom is 0.410 e. The number of hydrogen-bond donors (Lipinski definition) is 0. The zero-order valence-electron chi connectivity index (χ0n) is 10.4. The van der Waals surface area contributed by atoms with Gasteiger partial charge in [0.05, 0.1) is 0 Å². The Morgan fingerprint density at radius 2 is 2.11 bits per heavy atom. The fourth-order valence-electron chi connectivity index (χ4n) is 1.86. The lowest BCUT2D eigenvalue weighted by molar-refractivity contribution is 0.0982. The second-order valence-corrected chi connectivity index (χ2v) is 5.35. The van der Waals surface area contributed by atoms with Crippen LogP contribution in [0.25, 0.3) is 0 Å². The fourth-order valence-corrected chi connectivity index (χ4v) is 2.17. The van der Waals surface area contributed by atoms with Crippen LogP contribution < -0.4 is 0 Å². The molecule has 96 valence electrons. The number of rotatable bonds is 2. The van der Waals surface area contributed by atoms with Crippen LogP contribution in [0.4, 0.5) is 4.79 Å². The summed E-state index contributed by atoms with van der Waals surface area (Å²) >= 11 is 3.51. The first kappa shape index (κ1) is 13.1. The minimum atomic E-state index is -0.238. The third-order valence-corrected chi connectivity index (χ3v) is 4.03. The highest BCUT2D eigenvalue weighted by molar-refractivity contribution is 9.11. The molecular formula is C14H16BrNO2. The van der Waals surface area contributed by atoms with Crippen LogP contribution >= 0.6 is 15.9 Å². The Labute approximate surface area is 116 Å². The summed E-state index contributed by atoms with van der Waals surface area (Å²) in [7, 11) is 0. The standard InChI is InChI=1S/C14H16BrNO2/c1-11-9-16(8-7-13(11)15)14(17)18-10-12-5-3-2-4-6-12/h2-6H,7-10H2,1H3. The Balaban J connectivity index is 1.86. The average molecular weight is 310 g/mol. The van der Waals surface area contributed by atoms with E-state index in [1.54, 1.807) is 4.90 Å². The predicted octanol–water partition coefficient (Wildman–Crippen LogP) is 3.70. The molecule has 0 bridgehead atoms. The van der Waals surface area contributed by atoms with E-state index in [4.69, 9.17) is 4.74 Å². The van der Waals surface area contributed by atoms with Crippen molar-refractivity contribution in [1.82, 2.24) is 4.90 Å². The maximum absolute atomic E-state index is 11.9. The molecule has 4 heteroatoms. The normalized spacial score (nSPS) is 15.8. The summed E-state index contributed by atoms with van der Waals surface area (Å²) in [5.74, 6) is 0. The maximum atomic E-state index is 11.9. The summed E-state index contributed by atoms with van der Waals surface area (Å²) < 4.78 is 6.50. The van der Waals surface area contributed by atoms with Gasteiger partial charge in [-0.15, -0.1) is 0 Å². The second kappa shape index (κ2) is 6.05. The van der Waals surface area contributed by atoms with E-state index in [9.17, 15) is 4.79 Å². The molecule has 0 atom stereocenters. The molecule has 1 amide bonds. The van der Waals surface area contributed by atoms with Gasteiger partial charge in [-0.05, 0) is 29.0 Å². The van der Waals surface area contributed by atoms with Gasteiger partial charge in [-0.3, -0.25) is 0 Å². The summed E-state index contributed by atoms with van der Waals surface area (Å²) in [4.78, 5) is 13.6. The second-order valence-electron chi connectivity index (χ2n) is 4.40. The van der Waals surface area contributed by atoms with Crippen molar-refractivity contribution in [2.24, 2.45) is 0 Å². The van der Waals surface area contributed by atoms with E-state index >= 15 is 0 Å². The van der Waals surface area contributed by atoms with Crippen molar-refractivity contribution in [2.45, 2.75) is 20.0 Å². The molecule has 0 unspecified atom stereocenters. The smallest absolute Gasteiger partial charge is 0.410 e. The Morgan fingerprint density at radius 1 is 1.39 bits per heavy atom. The molecule has 1 heterocycles. The summed E-state index contributed by atoms with van der Waals surface area (Å²) in [5.41, 5.74) is 2.20. The molecule has 1 aliphatic rings. The van der Waals surface area contributed by atoms with E-state index in [0.29, 0.717) is 19.7 Å². The van der Waals surface area contributed by atoms with E-state index in [0.717, 1.165) is 12.0 Å². The number of amides is 1. The first-order valence-electron chi connectivity index (χ1n) is 5.96. The van der Waals surface area contributed by atoms with Crippen LogP contribution in [0.1, 0.15) is 18.9 Å². The number of carbonyl (C=O) groups excluding carboxylic acids is 1. The van der Waals surface area contributed by atoms with Gasteiger partial charge in [0.1, 0.15) is 6.61 Å². The molecule has 2 rings (SSSR count). The van der Waals surface area contributed by atoms with Crippen LogP contribution in [0.3, 0.4) is 0 Å². The number of benzene rings is 1. The van der Waals surface area contributed by atoms with Gasteiger partial charge in [0, 0.05) is 13.1 Å². The van der Waals surface area contributed by atoms with Crippen molar-refractivity contribution in [1.29, 1.82) is 0 Å². The van der Waals surface area contributed by atoms with Crippen molar-refractivity contribution in [3.63, 3.8) is 0 Å². The first-order chi connectivity index (χ1) is 8.66. The SMILES string of the molecule is CC1=C(Br)CCN(C(=O)OCc2ccccc2)C1. The van der Waals surface area contributed by atoms with Crippen molar-refractivity contribution in [3.8, 4) is 0 Å². The average Bonchev–Trinajstić information content (AvgIpc) is 2.40. The van der Waals surface area contributed by atoms with E-state index < -0.39 is 0 Å². The van der Waals surface area contributed by atoms with Crippen LogP contribution in [0.15, 0.2) is 40.4 Å². The molecule has 1 aromatic carbocycles. The Hall–Kier alpha value is -1.29. The molecule has 3 nitrogen and oxygen atoms in total. The van der Waals surface area contributed by atoms with Gasteiger partial charge in [-0.25, -0.2) is 4.79 Å². The summed E-state index contributed by atoms with van der Waals surface area (Å²) in [6.45, 7) is 3.72. The lowest BCUT2D eigenvalue weighted by atomic mass is 10.1. The molecule has 18 heavy (non-hydrogen) atoms. The summed E-state index contributed by atoms with van der Waals surface area (Å²) in [6.07, 6.45) is 0.630. The zero-order chi connectivity index (χ0) is 13.0. The number of nitrogens with zero attached hydrogens (tertiary/aromatic N) is 1. The van der Waals surface area contributed by atoms with Gasteiger partial charge >= 0.3 is 6.09 Å². The third-order valence-electron chi connectivity index (χ3n) is 2.96. The molecule has 0 fully saturated rings. The Kier molecular flexibility index (Phi) is 4.42. The fraction of sp³-hybridized carbons (Fsp3) is 0.357. The Bertz CT molecular complexity index is 456. The van der Waals surface area contributed by atoms with Crippen LogP contribution in [0.5, 0.6) is 0 Å². The van der Waals surface area contributed by atoms with Gasteiger partial charge in [0.2, 0.25) is 0 Å². The molecule has 0 aromatic heterocycles. The molecular weight excluding hydrogens is 294 g/mol. The molecule has 0 saturated heterocycles. The quantitative estimate of drug-likeness (QED) is 0.833. The van der Waals surface area contributed by atoms with Crippen LogP contribution in [0.2, 0.25) is 0 Å². The van der Waals surface area contributed by atoms with Crippen LogP contribution in [0, 0.1) is 0 Å². The highest BCUT2D eigenvalue weighted by Crippen LogP contribution is 2.22. The molecule has 1 aliphatic heterocycles. The highest BCUT2D eigenvalue weighted by atomic mass is 79.9. The van der Waals surface area contributed by atoms with E-state index in [-0.39, 0.29) is 6.09 Å². The monoisotopic (exact) mass is 309 g/mol. The molecule has 1 aromatic rings. The highest BCUT2D eigenvalue weighted by Gasteiger charge is 2.20. The van der Waals surface area contributed by atoms with Gasteiger partial charge in [0.15, 0.2) is 0 Å². The van der Waals surface area contributed by atoms with Crippen LogP contribution in [-0.4, -0.2) is 24.1 Å². The molecule has 0 radical (unpaired) electrons. The summed E-state index contributed by atoms with van der Waals surface area (Å²) in [6, 6.07) is 9.72. The topological polar surface area (TPSA) is 29.5 Å².